The first-order valence-corrected chi connectivity index (χ1v) is 12.1. The molecule has 0 aromatic heterocycles. The number of carbonyl (C=O) groups is 1. The number of hydrogen-bond donors (Lipinski definition) is 2. The van der Waals surface area contributed by atoms with Gasteiger partial charge in [0.2, 0.25) is 5.91 Å². The molecular formula is C24H28ClN3O2S. The van der Waals surface area contributed by atoms with E-state index >= 15 is 0 Å². The lowest BCUT2D eigenvalue weighted by atomic mass is 10.1. The van der Waals surface area contributed by atoms with Crippen molar-refractivity contribution in [2.45, 2.75) is 17.7 Å². The molecule has 0 unspecified atom stereocenters. The molecule has 164 valence electrons. The number of benzene rings is 2. The average molecular weight is 458 g/mol. The van der Waals surface area contributed by atoms with E-state index < -0.39 is 0 Å². The Kier molecular flexibility index (Phi) is 7.43. The summed E-state index contributed by atoms with van der Waals surface area (Å²) in [6, 6.07) is 13.3. The van der Waals surface area contributed by atoms with Crippen LogP contribution in [0.25, 0.3) is 6.08 Å². The summed E-state index contributed by atoms with van der Waals surface area (Å²) < 4.78 is 0. The van der Waals surface area contributed by atoms with Crippen molar-refractivity contribution in [3.63, 3.8) is 0 Å². The monoisotopic (exact) mass is 457 g/mol. The lowest BCUT2D eigenvalue weighted by molar-refractivity contribution is -0.117. The number of nitrogens with zero attached hydrogens (tertiary/aromatic N) is 2. The summed E-state index contributed by atoms with van der Waals surface area (Å²) in [5, 5.41) is 13.4. The molecule has 2 N–H and O–H groups in total. The van der Waals surface area contributed by atoms with E-state index in [1.165, 1.54) is 4.90 Å². The minimum Gasteiger partial charge on any atom is -0.508 e. The maximum Gasteiger partial charge on any atom is 0.248 e. The summed E-state index contributed by atoms with van der Waals surface area (Å²) >= 11 is 7.76. The molecule has 5 nitrogen and oxygen atoms in total. The molecule has 0 bridgehead atoms. The van der Waals surface area contributed by atoms with Crippen molar-refractivity contribution in [3.05, 3.63) is 58.6 Å². The summed E-state index contributed by atoms with van der Waals surface area (Å²) in [6.45, 7) is 5.73. The minimum atomic E-state index is 0.0258. The molecule has 2 heterocycles. The molecule has 0 spiro atoms. The van der Waals surface area contributed by atoms with Gasteiger partial charge in [-0.05, 0) is 61.4 Å². The fourth-order valence-electron chi connectivity index (χ4n) is 3.97. The number of unbranched alkanes of at least 4 members (excludes halogenated alkanes) is 1. The number of piperazine rings is 1. The molecule has 0 radical (unpaired) electrons. The highest BCUT2D eigenvalue weighted by Crippen LogP contribution is 2.33. The first-order valence-electron chi connectivity index (χ1n) is 10.8. The van der Waals surface area contributed by atoms with Crippen molar-refractivity contribution in [1.82, 2.24) is 10.2 Å². The molecule has 31 heavy (non-hydrogen) atoms. The van der Waals surface area contributed by atoms with E-state index in [4.69, 9.17) is 11.6 Å². The Labute approximate surface area is 193 Å². The van der Waals surface area contributed by atoms with Crippen molar-refractivity contribution in [3.8, 4) is 5.75 Å². The zero-order chi connectivity index (χ0) is 21.6. The molecule has 2 aliphatic rings. The first-order chi connectivity index (χ1) is 15.1. The van der Waals surface area contributed by atoms with E-state index in [1.54, 1.807) is 17.8 Å². The number of halogens is 1. The summed E-state index contributed by atoms with van der Waals surface area (Å²) in [6.07, 6.45) is 4.00. The molecule has 0 aliphatic carbocycles. The number of carbonyl (C=O) groups excluding carboxylic acids is 1. The Morgan fingerprint density at radius 3 is 2.74 bits per heavy atom. The van der Waals surface area contributed by atoms with Crippen LogP contribution in [0.3, 0.4) is 0 Å². The molecule has 2 aromatic carbocycles. The van der Waals surface area contributed by atoms with Crippen molar-refractivity contribution in [2.24, 2.45) is 0 Å². The highest BCUT2D eigenvalue weighted by molar-refractivity contribution is 7.99. The summed E-state index contributed by atoms with van der Waals surface area (Å²) in [4.78, 5) is 18.5. The number of phenolic OH excluding ortho intramolecular Hbond substituents is 1. The second-order valence-corrected chi connectivity index (χ2v) is 9.41. The molecule has 2 aromatic rings. The van der Waals surface area contributed by atoms with Gasteiger partial charge >= 0.3 is 0 Å². The van der Waals surface area contributed by atoms with Crippen LogP contribution in [-0.2, 0) is 4.79 Å². The number of amides is 1. The number of fused-ring (bicyclic) bond motifs is 1. The largest absolute Gasteiger partial charge is 0.508 e. The Morgan fingerprint density at radius 1 is 1.10 bits per heavy atom. The van der Waals surface area contributed by atoms with Crippen molar-refractivity contribution in [1.29, 1.82) is 0 Å². The average Bonchev–Trinajstić information content (AvgIpc) is 2.78. The summed E-state index contributed by atoms with van der Waals surface area (Å²) in [5.41, 5.74) is 2.92. The van der Waals surface area contributed by atoms with Gasteiger partial charge in [-0.2, -0.15) is 0 Å². The molecule has 0 atom stereocenters. The summed E-state index contributed by atoms with van der Waals surface area (Å²) in [7, 11) is 0. The lowest BCUT2D eigenvalue weighted by Gasteiger charge is -2.36. The number of phenols is 1. The van der Waals surface area contributed by atoms with Crippen molar-refractivity contribution >= 4 is 41.0 Å². The van der Waals surface area contributed by atoms with Gasteiger partial charge in [0.15, 0.2) is 0 Å². The predicted octanol–water partition coefficient (Wildman–Crippen LogP) is 4.25. The number of nitrogens with one attached hydrogen (secondary N) is 1. The van der Waals surface area contributed by atoms with Gasteiger partial charge in [0.05, 0.1) is 0 Å². The van der Waals surface area contributed by atoms with Crippen molar-refractivity contribution < 1.29 is 9.90 Å². The molecule has 1 amide bonds. The van der Waals surface area contributed by atoms with Gasteiger partial charge in [-0.3, -0.25) is 9.69 Å². The molecular weight excluding hydrogens is 430 g/mol. The maximum atomic E-state index is 12.5. The van der Waals surface area contributed by atoms with E-state index in [1.807, 2.05) is 42.5 Å². The fraction of sp³-hybridized carbons (Fsp3) is 0.375. The van der Waals surface area contributed by atoms with Gasteiger partial charge in [0.1, 0.15) is 5.75 Å². The van der Waals surface area contributed by atoms with Crippen LogP contribution in [0, 0.1) is 0 Å². The SMILES string of the molecule is O=C(NCCCCN1CCN(c2cccc(O)c2)CC1)C1=Cc2cc(Cl)ccc2SC1. The number of rotatable bonds is 7. The Balaban J connectivity index is 1.14. The van der Waals surface area contributed by atoms with E-state index in [2.05, 4.69) is 15.1 Å². The molecule has 0 saturated carbocycles. The lowest BCUT2D eigenvalue weighted by Crippen LogP contribution is -2.46. The second-order valence-electron chi connectivity index (χ2n) is 7.95. The highest BCUT2D eigenvalue weighted by Gasteiger charge is 2.18. The fourth-order valence-corrected chi connectivity index (χ4v) is 5.13. The van der Waals surface area contributed by atoms with Crippen LogP contribution < -0.4 is 10.2 Å². The molecule has 1 fully saturated rings. The zero-order valence-electron chi connectivity index (χ0n) is 17.5. The van der Waals surface area contributed by atoms with Crippen LogP contribution in [0.15, 0.2) is 52.9 Å². The van der Waals surface area contributed by atoms with Crippen LogP contribution in [0.5, 0.6) is 5.75 Å². The van der Waals surface area contributed by atoms with Gasteiger partial charge in [-0.15, -0.1) is 11.8 Å². The number of aromatic hydroxyl groups is 1. The Bertz CT molecular complexity index is 958. The van der Waals surface area contributed by atoms with Gasteiger partial charge in [-0.1, -0.05) is 17.7 Å². The normalized spacial score (nSPS) is 16.5. The Hall–Kier alpha value is -2.15. The minimum absolute atomic E-state index is 0.0258. The topological polar surface area (TPSA) is 55.8 Å². The van der Waals surface area contributed by atoms with E-state index in [9.17, 15) is 9.90 Å². The van der Waals surface area contributed by atoms with Gasteiger partial charge in [0, 0.05) is 65.7 Å². The molecule has 4 rings (SSSR count). The number of anilines is 1. The van der Waals surface area contributed by atoms with Gasteiger partial charge < -0.3 is 15.3 Å². The second kappa shape index (κ2) is 10.4. The predicted molar refractivity (Wildman–Crippen MR) is 129 cm³/mol. The number of thioether (sulfide) groups is 1. The molecule has 7 heteroatoms. The quantitative estimate of drug-likeness (QED) is 0.608. The third-order valence-corrected chi connectivity index (χ3v) is 7.10. The van der Waals surface area contributed by atoms with E-state index in [0.717, 1.165) is 62.4 Å². The zero-order valence-corrected chi connectivity index (χ0v) is 19.1. The van der Waals surface area contributed by atoms with Gasteiger partial charge in [0.25, 0.3) is 0 Å². The van der Waals surface area contributed by atoms with Gasteiger partial charge in [-0.25, -0.2) is 0 Å². The third kappa shape index (κ3) is 5.97. The maximum absolute atomic E-state index is 12.5. The van der Waals surface area contributed by atoms with Crippen LogP contribution in [0.2, 0.25) is 5.02 Å². The Morgan fingerprint density at radius 2 is 1.94 bits per heavy atom. The molecule has 2 aliphatic heterocycles. The highest BCUT2D eigenvalue weighted by atomic mass is 35.5. The van der Waals surface area contributed by atoms with Crippen LogP contribution >= 0.6 is 23.4 Å². The third-order valence-electron chi connectivity index (χ3n) is 5.73. The van der Waals surface area contributed by atoms with E-state index in [0.29, 0.717) is 23.1 Å². The van der Waals surface area contributed by atoms with Crippen LogP contribution in [0.4, 0.5) is 5.69 Å². The van der Waals surface area contributed by atoms with Crippen LogP contribution in [0.1, 0.15) is 18.4 Å². The smallest absolute Gasteiger partial charge is 0.248 e. The first kappa shape index (κ1) is 22.1. The number of hydrogen-bond acceptors (Lipinski definition) is 5. The van der Waals surface area contributed by atoms with E-state index in [-0.39, 0.29) is 5.91 Å². The summed E-state index contributed by atoms with van der Waals surface area (Å²) in [5.74, 6) is 1.04. The van der Waals surface area contributed by atoms with Crippen molar-refractivity contribution in [2.75, 3.05) is 49.9 Å². The van der Waals surface area contributed by atoms with Crippen LogP contribution in [-0.4, -0.2) is 60.9 Å². The molecule has 1 saturated heterocycles. The standard InChI is InChI=1S/C24H28ClN3O2S/c25-20-6-7-23-18(15-20)14-19(17-31-23)24(30)26-8-1-2-9-27-10-12-28(13-11-27)21-4-3-5-22(29)16-21/h3-7,14-16,29H,1-2,8-13,17H2,(H,26,30).